The highest BCUT2D eigenvalue weighted by atomic mass is 16.4. The van der Waals surface area contributed by atoms with Crippen molar-refractivity contribution in [1.82, 2.24) is 10.6 Å². The first-order chi connectivity index (χ1) is 13.5. The molecule has 144 valence electrons. The van der Waals surface area contributed by atoms with Gasteiger partial charge in [0.05, 0.1) is 12.6 Å². The summed E-state index contributed by atoms with van der Waals surface area (Å²) < 4.78 is 0. The molecule has 0 aliphatic carbocycles. The molecule has 28 heavy (non-hydrogen) atoms. The van der Waals surface area contributed by atoms with E-state index in [1.807, 2.05) is 56.3 Å². The first-order valence-corrected chi connectivity index (χ1v) is 9.26. The molecule has 0 radical (unpaired) electrons. The predicted octanol–water partition coefficient (Wildman–Crippen LogP) is 3.81. The minimum atomic E-state index is -0.908. The van der Waals surface area contributed by atoms with E-state index in [0.29, 0.717) is 12.1 Å². The highest BCUT2D eigenvalue weighted by Crippen LogP contribution is 2.24. The van der Waals surface area contributed by atoms with Crippen molar-refractivity contribution in [3.63, 3.8) is 0 Å². The predicted molar refractivity (Wildman–Crippen MR) is 110 cm³/mol. The van der Waals surface area contributed by atoms with Crippen LogP contribution in [0.4, 0.5) is 0 Å². The number of carboxylic acid groups (broad SMARTS) is 1. The second kappa shape index (κ2) is 8.67. The van der Waals surface area contributed by atoms with Gasteiger partial charge in [-0.3, -0.25) is 9.59 Å². The maximum atomic E-state index is 12.9. The van der Waals surface area contributed by atoms with Crippen LogP contribution in [-0.2, 0) is 11.3 Å². The monoisotopic (exact) mass is 376 g/mol. The Morgan fingerprint density at radius 3 is 2.57 bits per heavy atom. The normalized spacial score (nSPS) is 11.9. The van der Waals surface area contributed by atoms with Crippen LogP contribution in [0.1, 0.15) is 40.0 Å². The van der Waals surface area contributed by atoms with Gasteiger partial charge in [0.15, 0.2) is 0 Å². The Kier molecular flexibility index (Phi) is 6.06. The van der Waals surface area contributed by atoms with E-state index in [2.05, 4.69) is 28.8 Å². The first kappa shape index (κ1) is 19.6. The lowest BCUT2D eigenvalue weighted by Crippen LogP contribution is -2.28. The largest absolute Gasteiger partial charge is 0.480 e. The Bertz CT molecular complexity index is 1010. The molecule has 0 saturated carbocycles. The van der Waals surface area contributed by atoms with E-state index < -0.39 is 5.97 Å². The molecule has 3 aromatic carbocycles. The van der Waals surface area contributed by atoms with Gasteiger partial charge >= 0.3 is 5.97 Å². The fourth-order valence-corrected chi connectivity index (χ4v) is 3.32. The summed E-state index contributed by atoms with van der Waals surface area (Å²) in [5, 5.41) is 16.9. The summed E-state index contributed by atoms with van der Waals surface area (Å²) >= 11 is 0. The number of carboxylic acids is 1. The van der Waals surface area contributed by atoms with Crippen LogP contribution < -0.4 is 10.6 Å². The molecular formula is C23H24N2O3. The molecule has 5 nitrogen and oxygen atoms in total. The molecule has 5 heteroatoms. The van der Waals surface area contributed by atoms with E-state index in [-0.39, 0.29) is 18.5 Å². The summed E-state index contributed by atoms with van der Waals surface area (Å²) in [6.45, 7) is 4.15. The van der Waals surface area contributed by atoms with Crippen LogP contribution in [-0.4, -0.2) is 23.5 Å². The zero-order chi connectivity index (χ0) is 20.1. The number of carbonyl (C=O) groups is 2. The van der Waals surface area contributed by atoms with E-state index in [9.17, 15) is 9.59 Å². The fourth-order valence-electron chi connectivity index (χ4n) is 3.32. The number of hydrogen-bond acceptors (Lipinski definition) is 3. The molecule has 0 fully saturated rings. The van der Waals surface area contributed by atoms with Crippen molar-refractivity contribution in [2.75, 3.05) is 6.54 Å². The summed E-state index contributed by atoms with van der Waals surface area (Å²) in [4.78, 5) is 23.5. The molecule has 0 aliphatic rings. The van der Waals surface area contributed by atoms with Crippen molar-refractivity contribution in [3.8, 4) is 0 Å². The number of fused-ring (bicyclic) bond motifs is 1. The van der Waals surface area contributed by atoms with E-state index in [0.717, 1.165) is 27.5 Å². The lowest BCUT2D eigenvalue weighted by Gasteiger charge is -2.18. The number of rotatable bonds is 7. The van der Waals surface area contributed by atoms with Crippen LogP contribution >= 0.6 is 0 Å². The van der Waals surface area contributed by atoms with Crippen LogP contribution in [0, 0.1) is 6.92 Å². The van der Waals surface area contributed by atoms with E-state index >= 15 is 0 Å². The van der Waals surface area contributed by atoms with E-state index in [4.69, 9.17) is 5.11 Å². The third-order valence-corrected chi connectivity index (χ3v) is 4.79. The molecule has 1 atom stereocenters. The Hall–Kier alpha value is -3.18. The first-order valence-electron chi connectivity index (χ1n) is 9.26. The van der Waals surface area contributed by atoms with Crippen molar-refractivity contribution in [2.24, 2.45) is 0 Å². The number of nitrogens with one attached hydrogen (secondary N) is 2. The molecular weight excluding hydrogens is 352 g/mol. The average molecular weight is 376 g/mol. The zero-order valence-corrected chi connectivity index (χ0v) is 16.0. The van der Waals surface area contributed by atoms with Crippen molar-refractivity contribution in [1.29, 1.82) is 0 Å². The molecule has 1 amide bonds. The van der Waals surface area contributed by atoms with Gasteiger partial charge in [0, 0.05) is 12.1 Å². The summed E-state index contributed by atoms with van der Waals surface area (Å²) in [5.74, 6) is -1.05. The summed E-state index contributed by atoms with van der Waals surface area (Å²) in [5.41, 5.74) is 3.42. The van der Waals surface area contributed by atoms with Crippen molar-refractivity contribution >= 4 is 22.6 Å². The number of aryl methyl sites for hydroxylation is 1. The second-order valence-corrected chi connectivity index (χ2v) is 6.91. The van der Waals surface area contributed by atoms with Gasteiger partial charge in [-0.2, -0.15) is 0 Å². The zero-order valence-electron chi connectivity index (χ0n) is 16.0. The van der Waals surface area contributed by atoms with Gasteiger partial charge in [-0.25, -0.2) is 0 Å². The molecule has 0 spiro atoms. The molecule has 3 aromatic rings. The topological polar surface area (TPSA) is 78.4 Å². The molecule has 3 N–H and O–H groups in total. The van der Waals surface area contributed by atoms with Crippen molar-refractivity contribution in [2.45, 2.75) is 26.4 Å². The Morgan fingerprint density at radius 2 is 1.79 bits per heavy atom. The molecule has 1 unspecified atom stereocenters. The summed E-state index contributed by atoms with van der Waals surface area (Å²) in [7, 11) is 0. The van der Waals surface area contributed by atoms with Crippen LogP contribution in [0.2, 0.25) is 0 Å². The van der Waals surface area contributed by atoms with Gasteiger partial charge in [-0.1, -0.05) is 54.6 Å². The molecule has 0 saturated heterocycles. The number of carbonyl (C=O) groups excluding carboxylic acids is 1. The van der Waals surface area contributed by atoms with Crippen molar-refractivity contribution < 1.29 is 14.7 Å². The maximum Gasteiger partial charge on any atom is 0.317 e. The maximum absolute atomic E-state index is 12.9. The molecule has 0 aromatic heterocycles. The molecule has 3 rings (SSSR count). The Morgan fingerprint density at radius 1 is 1.04 bits per heavy atom. The smallest absolute Gasteiger partial charge is 0.317 e. The van der Waals surface area contributed by atoms with Crippen LogP contribution in [0.3, 0.4) is 0 Å². The summed E-state index contributed by atoms with van der Waals surface area (Å²) in [6.07, 6.45) is 0. The number of aliphatic carboxylic acids is 1. The third-order valence-electron chi connectivity index (χ3n) is 4.79. The average Bonchev–Trinajstić information content (AvgIpc) is 2.68. The van der Waals surface area contributed by atoms with Gasteiger partial charge in [0.2, 0.25) is 0 Å². The quantitative estimate of drug-likeness (QED) is 0.586. The lowest BCUT2D eigenvalue weighted by atomic mass is 9.98. The molecule has 0 heterocycles. The fraction of sp³-hybridized carbons (Fsp3) is 0.217. The Balaban J connectivity index is 1.77. The Labute approximate surface area is 164 Å². The van der Waals surface area contributed by atoms with Gasteiger partial charge < -0.3 is 15.7 Å². The van der Waals surface area contributed by atoms with Gasteiger partial charge in [0.1, 0.15) is 0 Å². The lowest BCUT2D eigenvalue weighted by molar-refractivity contribution is -0.136. The molecule has 0 bridgehead atoms. The highest BCUT2D eigenvalue weighted by Gasteiger charge is 2.15. The third kappa shape index (κ3) is 4.56. The van der Waals surface area contributed by atoms with Crippen LogP contribution in [0.15, 0.2) is 60.7 Å². The SMILES string of the molecule is Cc1ccc(CNCC(=O)O)cc1C(=O)NC(C)c1cccc2ccccc12. The highest BCUT2D eigenvalue weighted by molar-refractivity contribution is 5.96. The summed E-state index contributed by atoms with van der Waals surface area (Å²) in [6, 6.07) is 19.7. The minimum absolute atomic E-state index is 0.118. The molecule has 0 aliphatic heterocycles. The van der Waals surface area contributed by atoms with Gasteiger partial charge in [0.25, 0.3) is 5.91 Å². The van der Waals surface area contributed by atoms with Crippen LogP contribution in [0.25, 0.3) is 10.8 Å². The van der Waals surface area contributed by atoms with E-state index in [1.54, 1.807) is 0 Å². The second-order valence-electron chi connectivity index (χ2n) is 6.91. The van der Waals surface area contributed by atoms with Crippen molar-refractivity contribution in [3.05, 3.63) is 82.9 Å². The minimum Gasteiger partial charge on any atom is -0.480 e. The van der Waals surface area contributed by atoms with Gasteiger partial charge in [-0.15, -0.1) is 0 Å². The number of amides is 1. The van der Waals surface area contributed by atoms with E-state index in [1.165, 1.54) is 0 Å². The number of hydrogen-bond donors (Lipinski definition) is 3. The van der Waals surface area contributed by atoms with Gasteiger partial charge in [-0.05, 0) is 47.4 Å². The van der Waals surface area contributed by atoms with Crippen LogP contribution in [0.5, 0.6) is 0 Å². The number of benzene rings is 3. The standard InChI is InChI=1S/C23H24N2O3/c1-15-10-11-17(13-24-14-22(26)27)12-21(15)23(28)25-16(2)19-9-5-7-18-6-3-4-8-20(18)19/h3-12,16,24H,13-14H2,1-2H3,(H,25,28)(H,26,27).